The normalized spacial score (nSPS) is 18.2. The van der Waals surface area contributed by atoms with Gasteiger partial charge in [0.1, 0.15) is 17.7 Å². The van der Waals surface area contributed by atoms with Crippen LogP contribution in [0.25, 0.3) is 0 Å². The van der Waals surface area contributed by atoms with E-state index in [1.807, 2.05) is 42.9 Å². The smallest absolute Gasteiger partial charge is 0.341 e. The number of carboxylic acid groups (broad SMARTS) is 1. The number of ether oxygens (including phenoxy) is 2. The second-order valence-corrected chi connectivity index (χ2v) is 6.24. The van der Waals surface area contributed by atoms with Crippen LogP contribution >= 0.6 is 0 Å². The van der Waals surface area contributed by atoms with Crippen molar-refractivity contribution in [1.82, 2.24) is 14.5 Å². The van der Waals surface area contributed by atoms with E-state index >= 15 is 0 Å². The number of carboxylic acids is 1. The second kappa shape index (κ2) is 7.67. The second-order valence-electron chi connectivity index (χ2n) is 6.24. The first kappa shape index (κ1) is 17.4. The van der Waals surface area contributed by atoms with Gasteiger partial charge < -0.3 is 19.1 Å². The summed E-state index contributed by atoms with van der Waals surface area (Å²) in [6.07, 6.45) is 1.92. The highest BCUT2D eigenvalue weighted by Gasteiger charge is 2.26. The van der Waals surface area contributed by atoms with Gasteiger partial charge in [0.05, 0.1) is 12.3 Å². The molecule has 0 amide bonds. The molecule has 25 heavy (non-hydrogen) atoms. The zero-order chi connectivity index (χ0) is 17.8. The van der Waals surface area contributed by atoms with Crippen LogP contribution in [0.1, 0.15) is 23.2 Å². The maximum atomic E-state index is 10.7. The van der Waals surface area contributed by atoms with E-state index in [4.69, 9.17) is 14.6 Å². The van der Waals surface area contributed by atoms with Crippen molar-refractivity contribution >= 4 is 5.97 Å². The van der Waals surface area contributed by atoms with Gasteiger partial charge in [-0.1, -0.05) is 18.2 Å². The Morgan fingerprint density at radius 2 is 2.24 bits per heavy atom. The van der Waals surface area contributed by atoms with Gasteiger partial charge in [-0.25, -0.2) is 9.78 Å². The Balaban J connectivity index is 1.69. The predicted molar refractivity (Wildman–Crippen MR) is 91.5 cm³/mol. The third-order valence-electron chi connectivity index (χ3n) is 4.19. The molecule has 0 saturated carbocycles. The van der Waals surface area contributed by atoms with Crippen molar-refractivity contribution in [1.29, 1.82) is 0 Å². The number of aliphatic carboxylic acids is 1. The van der Waals surface area contributed by atoms with Crippen molar-refractivity contribution in [3.05, 3.63) is 47.5 Å². The number of imidazole rings is 1. The molecule has 1 saturated heterocycles. The molecule has 0 bridgehead atoms. The number of aromatic nitrogens is 2. The van der Waals surface area contributed by atoms with E-state index in [2.05, 4.69) is 9.88 Å². The fourth-order valence-corrected chi connectivity index (χ4v) is 3.09. The predicted octanol–water partition coefficient (Wildman–Crippen LogP) is 1.77. The van der Waals surface area contributed by atoms with Crippen LogP contribution in [-0.4, -0.2) is 51.8 Å². The first-order valence-corrected chi connectivity index (χ1v) is 8.29. The van der Waals surface area contributed by atoms with E-state index in [1.54, 1.807) is 6.07 Å². The molecule has 0 aliphatic carbocycles. The maximum absolute atomic E-state index is 10.7. The lowest BCUT2D eigenvalue weighted by Crippen LogP contribution is -2.38. The first-order chi connectivity index (χ1) is 12.0. The maximum Gasteiger partial charge on any atom is 0.341 e. The summed E-state index contributed by atoms with van der Waals surface area (Å²) in [7, 11) is 1.98. The van der Waals surface area contributed by atoms with Gasteiger partial charge in [-0.15, -0.1) is 0 Å². The van der Waals surface area contributed by atoms with E-state index in [1.165, 1.54) is 0 Å². The van der Waals surface area contributed by atoms with Crippen LogP contribution in [0.2, 0.25) is 0 Å². The van der Waals surface area contributed by atoms with Crippen LogP contribution in [0.15, 0.2) is 30.5 Å². The van der Waals surface area contributed by atoms with Crippen molar-refractivity contribution in [2.45, 2.75) is 19.6 Å². The highest BCUT2D eigenvalue weighted by Crippen LogP contribution is 2.25. The highest BCUT2D eigenvalue weighted by molar-refractivity contribution is 5.68. The Hall–Kier alpha value is -2.38. The average molecular weight is 345 g/mol. The lowest BCUT2D eigenvalue weighted by atomic mass is 10.1. The van der Waals surface area contributed by atoms with Crippen LogP contribution in [-0.2, 0) is 23.1 Å². The molecule has 3 rings (SSSR count). The molecule has 1 fully saturated rings. The molecular formula is C18H23N3O4. The molecular weight excluding hydrogens is 322 g/mol. The lowest BCUT2D eigenvalue weighted by molar-refractivity contribution is -0.139. The van der Waals surface area contributed by atoms with Crippen molar-refractivity contribution in [2.75, 3.05) is 26.3 Å². The monoisotopic (exact) mass is 345 g/mol. The van der Waals surface area contributed by atoms with Crippen molar-refractivity contribution in [2.24, 2.45) is 7.05 Å². The van der Waals surface area contributed by atoms with E-state index < -0.39 is 5.97 Å². The summed E-state index contributed by atoms with van der Waals surface area (Å²) in [5.41, 5.74) is 1.95. The minimum atomic E-state index is -0.980. The van der Waals surface area contributed by atoms with Crippen LogP contribution in [0, 0.1) is 6.92 Å². The highest BCUT2D eigenvalue weighted by atomic mass is 16.5. The summed E-state index contributed by atoms with van der Waals surface area (Å²) in [4.78, 5) is 17.6. The molecule has 0 unspecified atom stereocenters. The van der Waals surface area contributed by atoms with Gasteiger partial charge in [0, 0.05) is 38.4 Å². The van der Waals surface area contributed by atoms with Crippen molar-refractivity contribution in [3.8, 4) is 5.75 Å². The topological polar surface area (TPSA) is 76.8 Å². The summed E-state index contributed by atoms with van der Waals surface area (Å²) in [6, 6.07) is 7.55. The summed E-state index contributed by atoms with van der Waals surface area (Å²) in [5, 5.41) is 8.81. The number of para-hydroxylation sites is 1. The molecule has 1 atom stereocenters. The lowest BCUT2D eigenvalue weighted by Gasteiger charge is -2.32. The minimum Gasteiger partial charge on any atom is -0.482 e. The quantitative estimate of drug-likeness (QED) is 0.860. The van der Waals surface area contributed by atoms with Crippen LogP contribution < -0.4 is 4.74 Å². The van der Waals surface area contributed by atoms with Gasteiger partial charge in [-0.2, -0.15) is 0 Å². The third kappa shape index (κ3) is 4.37. The Kier molecular flexibility index (Phi) is 5.35. The Morgan fingerprint density at radius 1 is 1.44 bits per heavy atom. The summed E-state index contributed by atoms with van der Waals surface area (Å²) in [6.45, 7) is 4.49. The van der Waals surface area contributed by atoms with E-state index in [0.717, 1.165) is 30.2 Å². The number of aryl methyl sites for hydroxylation is 2. The fourth-order valence-electron chi connectivity index (χ4n) is 3.09. The molecule has 1 N–H and O–H groups in total. The number of carbonyl (C=O) groups is 1. The summed E-state index contributed by atoms with van der Waals surface area (Å²) in [5.74, 6) is 0.560. The molecule has 134 valence electrons. The molecule has 7 nitrogen and oxygen atoms in total. The number of hydrogen-bond donors (Lipinski definition) is 1. The molecule has 7 heteroatoms. The SMILES string of the molecule is Cc1cn(C)c([C@H]2CN(Cc3ccccc3OCC(=O)O)CCO2)n1. The van der Waals surface area contributed by atoms with E-state index in [-0.39, 0.29) is 12.7 Å². The van der Waals surface area contributed by atoms with Crippen LogP contribution in [0.3, 0.4) is 0 Å². The average Bonchev–Trinajstić information content (AvgIpc) is 2.93. The number of morpholine rings is 1. The Morgan fingerprint density at radius 3 is 2.96 bits per heavy atom. The molecule has 0 radical (unpaired) electrons. The number of rotatable bonds is 6. The molecule has 1 aromatic heterocycles. The van der Waals surface area contributed by atoms with E-state index in [9.17, 15) is 4.79 Å². The van der Waals surface area contributed by atoms with Gasteiger partial charge in [0.2, 0.25) is 0 Å². The molecule has 0 spiro atoms. The number of hydrogen-bond acceptors (Lipinski definition) is 5. The van der Waals surface area contributed by atoms with Gasteiger partial charge in [0.15, 0.2) is 6.61 Å². The van der Waals surface area contributed by atoms with Crippen LogP contribution in [0.4, 0.5) is 0 Å². The van der Waals surface area contributed by atoms with Gasteiger partial charge in [-0.05, 0) is 13.0 Å². The van der Waals surface area contributed by atoms with Crippen molar-refractivity contribution in [3.63, 3.8) is 0 Å². The zero-order valence-electron chi connectivity index (χ0n) is 14.5. The number of benzene rings is 1. The van der Waals surface area contributed by atoms with E-state index in [0.29, 0.717) is 18.9 Å². The Labute approximate surface area is 146 Å². The molecule has 1 aliphatic rings. The van der Waals surface area contributed by atoms with Crippen molar-refractivity contribution < 1.29 is 19.4 Å². The fraction of sp³-hybridized carbons (Fsp3) is 0.444. The van der Waals surface area contributed by atoms with Gasteiger partial charge in [-0.3, -0.25) is 4.90 Å². The molecule has 1 aliphatic heterocycles. The first-order valence-electron chi connectivity index (χ1n) is 8.29. The zero-order valence-corrected chi connectivity index (χ0v) is 14.5. The summed E-state index contributed by atoms with van der Waals surface area (Å²) < 4.78 is 13.3. The van der Waals surface area contributed by atoms with Crippen LogP contribution in [0.5, 0.6) is 5.75 Å². The minimum absolute atomic E-state index is 0.0699. The van der Waals surface area contributed by atoms with Gasteiger partial charge in [0.25, 0.3) is 0 Å². The standard InChI is InChI=1S/C18H23N3O4/c1-13-9-20(2)18(19-13)16-11-21(7-8-24-16)10-14-5-3-4-6-15(14)25-12-17(22)23/h3-6,9,16H,7-8,10-12H2,1-2H3,(H,22,23)/t16-/m1/s1. The number of nitrogens with zero attached hydrogens (tertiary/aromatic N) is 3. The Bertz CT molecular complexity index is 744. The largest absolute Gasteiger partial charge is 0.482 e. The molecule has 1 aromatic carbocycles. The molecule has 2 heterocycles. The molecule has 2 aromatic rings. The summed E-state index contributed by atoms with van der Waals surface area (Å²) >= 11 is 0. The van der Waals surface area contributed by atoms with Gasteiger partial charge >= 0.3 is 5.97 Å². The third-order valence-corrected chi connectivity index (χ3v) is 4.19.